The van der Waals surface area contributed by atoms with Crippen molar-refractivity contribution < 1.29 is 4.74 Å². The van der Waals surface area contributed by atoms with E-state index >= 15 is 0 Å². The van der Waals surface area contributed by atoms with Gasteiger partial charge in [-0.3, -0.25) is 0 Å². The van der Waals surface area contributed by atoms with Crippen LogP contribution in [0, 0.1) is 11.3 Å². The molecule has 1 atom stereocenters. The standard InChI is InChI=1S/C15H20Br2N2O/c1-2-12(19)8-11-9-13(16)15(14(17)10-11)20-7-5-3-4-6-18/h9-10,12H,2-5,7-8,19H2,1H3. The molecular weight excluding hydrogens is 384 g/mol. The fraction of sp³-hybridized carbons (Fsp3) is 0.533. The first-order chi connectivity index (χ1) is 9.58. The molecule has 1 aromatic rings. The van der Waals surface area contributed by atoms with Gasteiger partial charge in [-0.1, -0.05) is 6.92 Å². The third-order valence-corrected chi connectivity index (χ3v) is 4.19. The van der Waals surface area contributed by atoms with E-state index in [-0.39, 0.29) is 6.04 Å². The number of halogens is 2. The summed E-state index contributed by atoms with van der Waals surface area (Å²) in [6.07, 6.45) is 4.16. The summed E-state index contributed by atoms with van der Waals surface area (Å²) in [7, 11) is 0. The average molecular weight is 404 g/mol. The summed E-state index contributed by atoms with van der Waals surface area (Å²) in [5.74, 6) is 0.816. The van der Waals surface area contributed by atoms with E-state index in [0.717, 1.165) is 40.4 Å². The first-order valence-electron chi connectivity index (χ1n) is 6.81. The summed E-state index contributed by atoms with van der Waals surface area (Å²) >= 11 is 7.09. The lowest BCUT2D eigenvalue weighted by Gasteiger charge is -2.14. The molecule has 0 bridgehead atoms. The highest BCUT2D eigenvalue weighted by molar-refractivity contribution is 9.11. The third-order valence-electron chi connectivity index (χ3n) is 3.01. The Labute approximate surface area is 137 Å². The van der Waals surface area contributed by atoms with Crippen LogP contribution in [0.3, 0.4) is 0 Å². The Morgan fingerprint density at radius 1 is 1.30 bits per heavy atom. The zero-order chi connectivity index (χ0) is 15.0. The molecule has 0 spiro atoms. The molecular formula is C15H20Br2N2O. The molecule has 0 radical (unpaired) electrons. The van der Waals surface area contributed by atoms with Crippen LogP contribution in [0.1, 0.15) is 38.2 Å². The zero-order valence-electron chi connectivity index (χ0n) is 11.7. The fourth-order valence-corrected chi connectivity index (χ4v) is 3.31. The van der Waals surface area contributed by atoms with E-state index in [1.165, 1.54) is 5.56 Å². The summed E-state index contributed by atoms with van der Waals surface area (Å²) in [6, 6.07) is 6.44. The summed E-state index contributed by atoms with van der Waals surface area (Å²) in [6.45, 7) is 2.71. The van der Waals surface area contributed by atoms with Gasteiger partial charge in [-0.2, -0.15) is 5.26 Å². The molecule has 0 aromatic heterocycles. The van der Waals surface area contributed by atoms with Gasteiger partial charge in [0.1, 0.15) is 5.75 Å². The summed E-state index contributed by atoms with van der Waals surface area (Å²) in [4.78, 5) is 0. The second-order valence-electron chi connectivity index (χ2n) is 4.72. The van der Waals surface area contributed by atoms with Gasteiger partial charge in [0.25, 0.3) is 0 Å². The Balaban J connectivity index is 2.62. The van der Waals surface area contributed by atoms with E-state index in [9.17, 15) is 0 Å². The van der Waals surface area contributed by atoms with Gasteiger partial charge in [0.05, 0.1) is 21.6 Å². The molecule has 110 valence electrons. The molecule has 0 heterocycles. The Kier molecular flexibility index (Phi) is 8.20. The van der Waals surface area contributed by atoms with E-state index in [1.54, 1.807) is 0 Å². The van der Waals surface area contributed by atoms with Crippen molar-refractivity contribution in [1.29, 1.82) is 5.26 Å². The molecule has 0 fully saturated rings. The normalized spacial score (nSPS) is 11.9. The van der Waals surface area contributed by atoms with Crippen LogP contribution in [0.5, 0.6) is 5.75 Å². The Morgan fingerprint density at radius 3 is 2.50 bits per heavy atom. The van der Waals surface area contributed by atoms with Crippen LogP contribution in [0.25, 0.3) is 0 Å². The largest absolute Gasteiger partial charge is 0.491 e. The van der Waals surface area contributed by atoms with Crippen LogP contribution in [-0.2, 0) is 6.42 Å². The molecule has 1 rings (SSSR count). The number of nitrogens with two attached hydrogens (primary N) is 1. The fourth-order valence-electron chi connectivity index (χ4n) is 1.80. The zero-order valence-corrected chi connectivity index (χ0v) is 14.8. The van der Waals surface area contributed by atoms with E-state index in [1.807, 2.05) is 0 Å². The lowest BCUT2D eigenvalue weighted by molar-refractivity contribution is 0.304. The Hall–Kier alpha value is -0.570. The number of rotatable bonds is 8. The molecule has 20 heavy (non-hydrogen) atoms. The van der Waals surface area contributed by atoms with Gasteiger partial charge in [-0.05, 0) is 75.2 Å². The quantitative estimate of drug-likeness (QED) is 0.647. The number of hydrogen-bond donors (Lipinski definition) is 1. The minimum absolute atomic E-state index is 0.187. The monoisotopic (exact) mass is 402 g/mol. The number of nitrogens with zero attached hydrogens (tertiary/aromatic N) is 1. The number of ether oxygens (including phenoxy) is 1. The van der Waals surface area contributed by atoms with Crippen LogP contribution in [0.4, 0.5) is 0 Å². The molecule has 0 saturated heterocycles. The topological polar surface area (TPSA) is 59.0 Å². The molecule has 0 saturated carbocycles. The second-order valence-corrected chi connectivity index (χ2v) is 6.43. The number of nitriles is 1. The van der Waals surface area contributed by atoms with Crippen LogP contribution in [0.2, 0.25) is 0 Å². The highest BCUT2D eigenvalue weighted by Crippen LogP contribution is 2.35. The maximum absolute atomic E-state index is 8.48. The minimum atomic E-state index is 0.187. The van der Waals surface area contributed by atoms with Crippen LogP contribution in [0.15, 0.2) is 21.1 Å². The van der Waals surface area contributed by atoms with E-state index in [4.69, 9.17) is 15.7 Å². The van der Waals surface area contributed by atoms with Crippen molar-refractivity contribution in [3.05, 3.63) is 26.6 Å². The van der Waals surface area contributed by atoms with Crippen molar-refractivity contribution in [2.45, 2.75) is 45.1 Å². The van der Waals surface area contributed by atoms with Crippen molar-refractivity contribution in [1.82, 2.24) is 0 Å². The van der Waals surface area contributed by atoms with Gasteiger partial charge in [-0.15, -0.1) is 0 Å². The average Bonchev–Trinajstić information content (AvgIpc) is 2.41. The highest BCUT2D eigenvalue weighted by atomic mass is 79.9. The van der Waals surface area contributed by atoms with Crippen LogP contribution >= 0.6 is 31.9 Å². The van der Waals surface area contributed by atoms with Gasteiger partial charge in [0.15, 0.2) is 0 Å². The van der Waals surface area contributed by atoms with Crippen molar-refractivity contribution in [2.75, 3.05) is 6.61 Å². The maximum Gasteiger partial charge on any atom is 0.147 e. The third kappa shape index (κ3) is 5.82. The van der Waals surface area contributed by atoms with Crippen molar-refractivity contribution >= 4 is 31.9 Å². The van der Waals surface area contributed by atoms with Gasteiger partial charge in [0, 0.05) is 12.5 Å². The Morgan fingerprint density at radius 2 is 1.95 bits per heavy atom. The summed E-state index contributed by atoms with van der Waals surface area (Å²) in [5, 5.41) is 8.48. The highest BCUT2D eigenvalue weighted by Gasteiger charge is 2.10. The van der Waals surface area contributed by atoms with Crippen LogP contribution in [-0.4, -0.2) is 12.6 Å². The second kappa shape index (κ2) is 9.38. The summed E-state index contributed by atoms with van der Waals surface area (Å²) in [5.41, 5.74) is 7.17. The number of hydrogen-bond acceptors (Lipinski definition) is 3. The van der Waals surface area contributed by atoms with E-state index < -0.39 is 0 Å². The molecule has 1 aromatic carbocycles. The molecule has 1 unspecified atom stereocenters. The Bertz CT molecular complexity index is 448. The van der Waals surface area contributed by atoms with Crippen LogP contribution < -0.4 is 10.5 Å². The molecule has 3 nitrogen and oxygen atoms in total. The molecule has 0 aliphatic rings. The maximum atomic E-state index is 8.48. The smallest absolute Gasteiger partial charge is 0.147 e. The molecule has 0 amide bonds. The van der Waals surface area contributed by atoms with E-state index in [2.05, 4.69) is 57.0 Å². The van der Waals surface area contributed by atoms with Crippen molar-refractivity contribution in [2.24, 2.45) is 5.73 Å². The SMILES string of the molecule is CCC(N)Cc1cc(Br)c(OCCCCC#N)c(Br)c1. The molecule has 0 aliphatic carbocycles. The number of unbranched alkanes of at least 4 members (excludes halogenated alkanes) is 2. The molecule has 5 heteroatoms. The molecule has 0 aliphatic heterocycles. The van der Waals surface area contributed by atoms with Crippen molar-refractivity contribution in [3.8, 4) is 11.8 Å². The van der Waals surface area contributed by atoms with Gasteiger partial charge in [0.2, 0.25) is 0 Å². The predicted octanol–water partition coefficient (Wildman–Crippen LogP) is 4.56. The predicted molar refractivity (Wildman–Crippen MR) is 88.8 cm³/mol. The first-order valence-corrected chi connectivity index (χ1v) is 8.40. The lowest BCUT2D eigenvalue weighted by Crippen LogP contribution is -2.21. The van der Waals surface area contributed by atoms with Gasteiger partial charge in [-0.25, -0.2) is 0 Å². The van der Waals surface area contributed by atoms with Gasteiger partial charge < -0.3 is 10.5 Å². The van der Waals surface area contributed by atoms with Crippen molar-refractivity contribution in [3.63, 3.8) is 0 Å². The summed E-state index contributed by atoms with van der Waals surface area (Å²) < 4.78 is 7.64. The van der Waals surface area contributed by atoms with Gasteiger partial charge >= 0.3 is 0 Å². The molecule has 2 N–H and O–H groups in total. The lowest BCUT2D eigenvalue weighted by atomic mass is 10.0. The number of benzene rings is 1. The minimum Gasteiger partial charge on any atom is -0.491 e. The first kappa shape index (κ1) is 17.5. The van der Waals surface area contributed by atoms with E-state index in [0.29, 0.717) is 13.0 Å².